The highest BCUT2D eigenvalue weighted by molar-refractivity contribution is 7.15. The van der Waals surface area contributed by atoms with Crippen LogP contribution >= 0.6 is 11.3 Å². The highest BCUT2D eigenvalue weighted by atomic mass is 32.1. The molecule has 1 aliphatic heterocycles. The second-order valence-electron chi connectivity index (χ2n) is 8.03. The Balaban J connectivity index is 1.42. The summed E-state index contributed by atoms with van der Waals surface area (Å²) in [5.41, 5.74) is 0.809. The smallest absolute Gasteiger partial charge is 0.223 e. The first-order valence-electron chi connectivity index (χ1n) is 10.5. The number of ether oxygens (including phenoxy) is 1. The molecule has 2 fully saturated rings. The molecule has 7 nitrogen and oxygen atoms in total. The molecule has 156 valence electrons. The minimum absolute atomic E-state index is 0.223. The predicted octanol–water partition coefficient (Wildman–Crippen LogP) is 4.16. The average molecular weight is 416 g/mol. The van der Waals surface area contributed by atoms with Crippen molar-refractivity contribution in [1.29, 1.82) is 0 Å². The Hall–Kier alpha value is -2.06. The van der Waals surface area contributed by atoms with Gasteiger partial charge in [0, 0.05) is 30.1 Å². The van der Waals surface area contributed by atoms with Crippen molar-refractivity contribution in [2.24, 2.45) is 5.92 Å². The Morgan fingerprint density at radius 3 is 2.86 bits per heavy atom. The van der Waals surface area contributed by atoms with E-state index in [0.717, 1.165) is 15.7 Å². The summed E-state index contributed by atoms with van der Waals surface area (Å²) in [7, 11) is 0. The number of carbonyl (C=O) groups is 1. The maximum Gasteiger partial charge on any atom is 0.223 e. The van der Waals surface area contributed by atoms with Crippen molar-refractivity contribution in [3.05, 3.63) is 28.7 Å². The Labute approximate surface area is 175 Å². The van der Waals surface area contributed by atoms with E-state index in [1.54, 1.807) is 11.3 Å². The Morgan fingerprint density at radius 1 is 1.28 bits per heavy atom. The lowest BCUT2D eigenvalue weighted by molar-refractivity contribution is -0.140. The lowest BCUT2D eigenvalue weighted by Gasteiger charge is -2.34. The van der Waals surface area contributed by atoms with Crippen LogP contribution < -0.4 is 5.32 Å². The van der Waals surface area contributed by atoms with Gasteiger partial charge in [0.15, 0.2) is 5.13 Å². The monoisotopic (exact) mass is 415 g/mol. The molecule has 0 aromatic carbocycles. The van der Waals surface area contributed by atoms with Gasteiger partial charge in [-0.1, -0.05) is 19.3 Å². The number of morpholine rings is 1. The standard InChI is InChI=1S/C21H29N5O2S/c1-14-12-22-21(29-14)25-19-11-17(23-15(2)24-19)18-13-26(8-9-28-18)20(27)10-16-6-4-3-5-7-16/h11-12,16,18H,3-10,13H2,1-2H3,(H,22,23,24,25)/t18-/m0/s1. The number of anilines is 2. The maximum absolute atomic E-state index is 12.8. The predicted molar refractivity (Wildman–Crippen MR) is 113 cm³/mol. The van der Waals surface area contributed by atoms with Gasteiger partial charge in [0.1, 0.15) is 17.7 Å². The normalized spacial score (nSPS) is 20.6. The molecule has 1 amide bonds. The number of nitrogens with one attached hydrogen (secondary N) is 1. The third kappa shape index (κ3) is 5.30. The largest absolute Gasteiger partial charge is 0.368 e. The van der Waals surface area contributed by atoms with E-state index in [-0.39, 0.29) is 12.0 Å². The fraction of sp³-hybridized carbons (Fsp3) is 0.619. The molecule has 0 radical (unpaired) electrons. The van der Waals surface area contributed by atoms with Gasteiger partial charge in [-0.15, -0.1) is 11.3 Å². The van der Waals surface area contributed by atoms with Crippen LogP contribution in [-0.2, 0) is 9.53 Å². The minimum Gasteiger partial charge on any atom is -0.368 e. The van der Waals surface area contributed by atoms with Gasteiger partial charge in [-0.25, -0.2) is 15.0 Å². The summed E-state index contributed by atoms with van der Waals surface area (Å²) in [5.74, 6) is 2.19. The molecule has 0 spiro atoms. The zero-order valence-electron chi connectivity index (χ0n) is 17.2. The van der Waals surface area contributed by atoms with Gasteiger partial charge in [0.05, 0.1) is 18.8 Å². The maximum atomic E-state index is 12.8. The quantitative estimate of drug-likeness (QED) is 0.790. The van der Waals surface area contributed by atoms with E-state index in [9.17, 15) is 4.79 Å². The van der Waals surface area contributed by atoms with Crippen LogP contribution in [0.2, 0.25) is 0 Å². The summed E-state index contributed by atoms with van der Waals surface area (Å²) < 4.78 is 5.97. The number of aryl methyl sites for hydroxylation is 2. The minimum atomic E-state index is -0.223. The highest BCUT2D eigenvalue weighted by Crippen LogP contribution is 2.29. The van der Waals surface area contributed by atoms with Gasteiger partial charge in [-0.2, -0.15) is 0 Å². The molecular weight excluding hydrogens is 386 g/mol. The molecule has 1 aliphatic carbocycles. The number of rotatable bonds is 5. The molecule has 8 heteroatoms. The van der Waals surface area contributed by atoms with Crippen molar-refractivity contribution in [1.82, 2.24) is 19.9 Å². The van der Waals surface area contributed by atoms with Gasteiger partial charge in [0.2, 0.25) is 5.91 Å². The van der Waals surface area contributed by atoms with Crippen LogP contribution in [0, 0.1) is 19.8 Å². The number of amides is 1. The Morgan fingerprint density at radius 2 is 2.10 bits per heavy atom. The van der Waals surface area contributed by atoms with Crippen LogP contribution in [0.1, 0.15) is 61.0 Å². The average Bonchev–Trinajstić information content (AvgIpc) is 3.13. The molecule has 1 atom stereocenters. The summed E-state index contributed by atoms with van der Waals surface area (Å²) in [4.78, 5) is 29.3. The van der Waals surface area contributed by atoms with E-state index < -0.39 is 0 Å². The molecule has 3 heterocycles. The molecule has 1 saturated carbocycles. The van der Waals surface area contributed by atoms with Gasteiger partial charge in [-0.05, 0) is 32.6 Å². The zero-order chi connectivity index (χ0) is 20.2. The van der Waals surface area contributed by atoms with E-state index >= 15 is 0 Å². The van der Waals surface area contributed by atoms with Crippen molar-refractivity contribution in [2.45, 2.75) is 58.5 Å². The first-order valence-corrected chi connectivity index (χ1v) is 11.3. The molecule has 4 rings (SSSR count). The third-order valence-corrected chi connectivity index (χ3v) is 6.48. The summed E-state index contributed by atoms with van der Waals surface area (Å²) in [5, 5.41) is 4.06. The fourth-order valence-corrected chi connectivity index (χ4v) is 4.84. The number of thiazole rings is 1. The fourth-order valence-electron chi connectivity index (χ4n) is 4.16. The van der Waals surface area contributed by atoms with Gasteiger partial charge in [-0.3, -0.25) is 4.79 Å². The SMILES string of the molecule is Cc1nc(Nc2ncc(C)s2)cc([C@@H]2CN(C(=O)CC3CCCCC3)CCO2)n1. The number of carbonyl (C=O) groups excluding carboxylic acids is 1. The van der Waals surface area contributed by atoms with Crippen LogP contribution in [0.3, 0.4) is 0 Å². The summed E-state index contributed by atoms with van der Waals surface area (Å²) in [6.07, 6.45) is 8.50. The second kappa shape index (κ2) is 9.17. The van der Waals surface area contributed by atoms with Crippen molar-refractivity contribution >= 4 is 28.2 Å². The first-order chi connectivity index (χ1) is 14.1. The van der Waals surface area contributed by atoms with E-state index in [0.29, 0.717) is 43.7 Å². The molecule has 2 aromatic heterocycles. The Bertz CT molecular complexity index is 849. The van der Waals surface area contributed by atoms with E-state index in [2.05, 4.69) is 20.3 Å². The van der Waals surface area contributed by atoms with Crippen molar-refractivity contribution in [3.8, 4) is 0 Å². The van der Waals surface area contributed by atoms with Crippen LogP contribution in [0.5, 0.6) is 0 Å². The van der Waals surface area contributed by atoms with Crippen LogP contribution in [-0.4, -0.2) is 45.5 Å². The number of hydrogen-bond acceptors (Lipinski definition) is 7. The number of nitrogens with zero attached hydrogens (tertiary/aromatic N) is 4. The molecule has 29 heavy (non-hydrogen) atoms. The van der Waals surface area contributed by atoms with Crippen molar-refractivity contribution in [3.63, 3.8) is 0 Å². The molecule has 2 aliphatic rings. The van der Waals surface area contributed by atoms with Crippen molar-refractivity contribution < 1.29 is 9.53 Å². The molecule has 0 bridgehead atoms. The first kappa shape index (κ1) is 20.2. The van der Waals surface area contributed by atoms with Gasteiger partial charge >= 0.3 is 0 Å². The van der Waals surface area contributed by atoms with Crippen molar-refractivity contribution in [2.75, 3.05) is 25.0 Å². The van der Waals surface area contributed by atoms with E-state index in [1.165, 1.54) is 32.1 Å². The number of hydrogen-bond donors (Lipinski definition) is 1. The van der Waals surface area contributed by atoms with E-state index in [4.69, 9.17) is 4.74 Å². The lowest BCUT2D eigenvalue weighted by atomic mass is 9.86. The van der Waals surface area contributed by atoms with Crippen LogP contribution in [0.15, 0.2) is 12.3 Å². The Kier molecular flexibility index (Phi) is 6.40. The molecule has 0 unspecified atom stereocenters. The van der Waals surface area contributed by atoms with E-state index in [1.807, 2.05) is 31.0 Å². The van der Waals surface area contributed by atoms with Gasteiger partial charge in [0.25, 0.3) is 0 Å². The zero-order valence-corrected chi connectivity index (χ0v) is 18.0. The lowest BCUT2D eigenvalue weighted by Crippen LogP contribution is -2.43. The molecule has 2 aromatic rings. The topological polar surface area (TPSA) is 80.2 Å². The second-order valence-corrected chi connectivity index (χ2v) is 9.27. The van der Waals surface area contributed by atoms with Gasteiger partial charge < -0.3 is 15.0 Å². The molecular formula is C21H29N5O2S. The summed E-state index contributed by atoms with van der Waals surface area (Å²) >= 11 is 1.58. The summed E-state index contributed by atoms with van der Waals surface area (Å²) in [6, 6.07) is 1.91. The summed E-state index contributed by atoms with van der Waals surface area (Å²) in [6.45, 7) is 5.65. The molecule has 1 N–H and O–H groups in total. The number of aromatic nitrogens is 3. The van der Waals surface area contributed by atoms with Crippen LogP contribution in [0.4, 0.5) is 10.9 Å². The third-order valence-electron chi connectivity index (χ3n) is 5.65. The highest BCUT2D eigenvalue weighted by Gasteiger charge is 2.28. The van der Waals surface area contributed by atoms with Crippen LogP contribution in [0.25, 0.3) is 0 Å². The molecule has 1 saturated heterocycles.